The van der Waals surface area contributed by atoms with Crippen LogP contribution in [0, 0.1) is 0 Å². The summed E-state index contributed by atoms with van der Waals surface area (Å²) in [6, 6.07) is 6.70. The second kappa shape index (κ2) is 7.33. The first kappa shape index (κ1) is 15.7. The molecule has 114 valence electrons. The van der Waals surface area contributed by atoms with Crippen molar-refractivity contribution in [1.82, 2.24) is 0 Å². The van der Waals surface area contributed by atoms with Gasteiger partial charge >= 0.3 is 5.97 Å². The molecule has 1 heterocycles. The van der Waals surface area contributed by atoms with Crippen molar-refractivity contribution in [2.75, 3.05) is 26.6 Å². The molecule has 0 bridgehead atoms. The van der Waals surface area contributed by atoms with E-state index >= 15 is 0 Å². The minimum Gasteiger partial charge on any atom is -0.464 e. The molecular weight excluding hydrogens is 294 g/mol. The number of ether oxygens (including phenoxy) is 2. The molecular formula is C14H17NO5S. The number of carbonyl (C=O) groups is 1. The van der Waals surface area contributed by atoms with Gasteiger partial charge in [-0.2, -0.15) is 0 Å². The predicted octanol–water partition coefficient (Wildman–Crippen LogP) is 1.11. The van der Waals surface area contributed by atoms with Crippen LogP contribution in [-0.4, -0.2) is 48.6 Å². The fourth-order valence-electron chi connectivity index (χ4n) is 1.83. The monoisotopic (exact) mass is 311 g/mol. The first-order valence-corrected chi connectivity index (χ1v) is 8.01. The molecule has 6 nitrogen and oxygen atoms in total. The van der Waals surface area contributed by atoms with Crippen LogP contribution in [0.15, 0.2) is 34.3 Å². The molecule has 0 saturated carbocycles. The van der Waals surface area contributed by atoms with Crippen molar-refractivity contribution in [3.8, 4) is 0 Å². The average molecular weight is 311 g/mol. The van der Waals surface area contributed by atoms with Gasteiger partial charge in [-0.15, -0.1) is 0 Å². The number of rotatable bonds is 5. The van der Waals surface area contributed by atoms with E-state index < -0.39 is 16.8 Å². The lowest BCUT2D eigenvalue weighted by Crippen LogP contribution is -2.19. The molecule has 0 radical (unpaired) electrons. The van der Waals surface area contributed by atoms with Crippen LogP contribution in [0.2, 0.25) is 0 Å². The molecule has 1 saturated heterocycles. The quantitative estimate of drug-likeness (QED) is 0.462. The summed E-state index contributed by atoms with van der Waals surface area (Å²) in [5.41, 5.74) is 0.632. The van der Waals surface area contributed by atoms with Gasteiger partial charge < -0.3 is 14.3 Å². The van der Waals surface area contributed by atoms with Crippen LogP contribution in [0.25, 0.3) is 0 Å². The summed E-state index contributed by atoms with van der Waals surface area (Å²) < 4.78 is 21.3. The predicted molar refractivity (Wildman–Crippen MR) is 77.6 cm³/mol. The maximum absolute atomic E-state index is 11.8. The topological polar surface area (TPSA) is 74.2 Å². The molecule has 1 aliphatic heterocycles. The van der Waals surface area contributed by atoms with Gasteiger partial charge in [0.2, 0.25) is 0 Å². The lowest BCUT2D eigenvalue weighted by Gasteiger charge is -2.08. The third kappa shape index (κ3) is 4.12. The van der Waals surface area contributed by atoms with Crippen LogP contribution >= 0.6 is 0 Å². The summed E-state index contributed by atoms with van der Waals surface area (Å²) in [6.07, 6.45) is 2.19. The highest BCUT2D eigenvalue weighted by Gasteiger charge is 2.20. The van der Waals surface area contributed by atoms with Crippen LogP contribution in [-0.2, 0) is 29.9 Å². The molecule has 2 atom stereocenters. The molecule has 1 aromatic carbocycles. The minimum absolute atomic E-state index is 0.0813. The summed E-state index contributed by atoms with van der Waals surface area (Å²) in [5, 5.41) is 3.91. The van der Waals surface area contributed by atoms with Crippen molar-refractivity contribution in [2.45, 2.75) is 17.4 Å². The molecule has 0 spiro atoms. The highest BCUT2D eigenvalue weighted by molar-refractivity contribution is 7.84. The summed E-state index contributed by atoms with van der Waals surface area (Å²) in [5.74, 6) is -0.584. The van der Waals surface area contributed by atoms with Crippen LogP contribution in [0.1, 0.15) is 12.0 Å². The van der Waals surface area contributed by atoms with Gasteiger partial charge in [0.15, 0.2) is 11.8 Å². The van der Waals surface area contributed by atoms with Gasteiger partial charge in [-0.05, 0) is 12.1 Å². The Morgan fingerprint density at radius 3 is 2.62 bits per heavy atom. The van der Waals surface area contributed by atoms with E-state index in [1.807, 2.05) is 0 Å². The molecule has 1 aliphatic rings. The second-order valence-corrected chi connectivity index (χ2v) is 5.88. The number of methoxy groups -OCH3 is 1. The van der Waals surface area contributed by atoms with Crippen molar-refractivity contribution in [1.29, 1.82) is 0 Å². The summed E-state index contributed by atoms with van der Waals surface area (Å²) in [6.45, 7) is 1.09. The zero-order chi connectivity index (χ0) is 15.2. The molecule has 0 aromatic heterocycles. The number of esters is 1. The van der Waals surface area contributed by atoms with Gasteiger partial charge in [0, 0.05) is 33.9 Å². The van der Waals surface area contributed by atoms with E-state index in [4.69, 9.17) is 14.3 Å². The summed E-state index contributed by atoms with van der Waals surface area (Å²) >= 11 is 0. The lowest BCUT2D eigenvalue weighted by molar-refractivity contribution is -0.132. The Morgan fingerprint density at radius 1 is 1.38 bits per heavy atom. The van der Waals surface area contributed by atoms with E-state index in [1.165, 1.54) is 7.11 Å². The smallest absolute Gasteiger partial charge is 0.360 e. The Kier molecular flexibility index (Phi) is 5.46. The molecule has 1 unspecified atom stereocenters. The van der Waals surface area contributed by atoms with Gasteiger partial charge in [0.05, 0.1) is 20.3 Å². The average Bonchev–Trinajstić information content (AvgIpc) is 3.01. The molecule has 0 amide bonds. The zero-order valence-corrected chi connectivity index (χ0v) is 12.7. The number of hydrogen-bond acceptors (Lipinski definition) is 6. The largest absolute Gasteiger partial charge is 0.464 e. The van der Waals surface area contributed by atoms with Crippen molar-refractivity contribution in [3.63, 3.8) is 0 Å². The highest BCUT2D eigenvalue weighted by atomic mass is 32.2. The van der Waals surface area contributed by atoms with Gasteiger partial charge in [-0.3, -0.25) is 4.21 Å². The van der Waals surface area contributed by atoms with Crippen LogP contribution in [0.5, 0.6) is 0 Å². The SMILES string of the molecule is COC(=O)C(=NO[C@@H]1CCOC1)c1ccc(S(C)=O)cc1. The van der Waals surface area contributed by atoms with E-state index in [0.29, 0.717) is 23.7 Å². The third-order valence-corrected chi connectivity index (χ3v) is 3.96. The first-order chi connectivity index (χ1) is 10.1. The van der Waals surface area contributed by atoms with Crippen molar-refractivity contribution in [2.24, 2.45) is 5.16 Å². The first-order valence-electron chi connectivity index (χ1n) is 6.45. The molecule has 21 heavy (non-hydrogen) atoms. The van der Waals surface area contributed by atoms with Gasteiger partial charge in [-0.1, -0.05) is 17.3 Å². The molecule has 1 aromatic rings. The van der Waals surface area contributed by atoms with Gasteiger partial charge in [-0.25, -0.2) is 4.79 Å². The fraction of sp³-hybridized carbons (Fsp3) is 0.429. The molecule has 2 rings (SSSR count). The normalized spacial score (nSPS) is 20.1. The Morgan fingerprint density at radius 2 is 2.10 bits per heavy atom. The number of oxime groups is 1. The lowest BCUT2D eigenvalue weighted by atomic mass is 10.1. The van der Waals surface area contributed by atoms with E-state index in [9.17, 15) is 9.00 Å². The van der Waals surface area contributed by atoms with Crippen molar-refractivity contribution < 1.29 is 23.3 Å². The number of benzene rings is 1. The third-order valence-electron chi connectivity index (χ3n) is 3.02. The van der Waals surface area contributed by atoms with E-state index in [-0.39, 0.29) is 11.8 Å². The highest BCUT2D eigenvalue weighted by Crippen LogP contribution is 2.12. The Labute approximate surface area is 125 Å². The maximum Gasteiger partial charge on any atom is 0.360 e. The Bertz CT molecular complexity index is 549. The molecule has 7 heteroatoms. The van der Waals surface area contributed by atoms with Crippen LogP contribution < -0.4 is 0 Å². The van der Waals surface area contributed by atoms with E-state index in [0.717, 1.165) is 6.42 Å². The molecule has 0 N–H and O–H groups in total. The molecule has 1 fully saturated rings. The van der Waals surface area contributed by atoms with Crippen LogP contribution in [0.3, 0.4) is 0 Å². The number of carbonyl (C=O) groups excluding carboxylic acids is 1. The van der Waals surface area contributed by atoms with Crippen LogP contribution in [0.4, 0.5) is 0 Å². The van der Waals surface area contributed by atoms with E-state index in [1.54, 1.807) is 30.5 Å². The Balaban J connectivity index is 2.20. The van der Waals surface area contributed by atoms with Crippen molar-refractivity contribution in [3.05, 3.63) is 29.8 Å². The number of hydrogen-bond donors (Lipinski definition) is 0. The standard InChI is InChI=1S/C14H17NO5S/c1-18-14(16)13(15-20-11-7-8-19-9-11)10-3-5-12(6-4-10)21(2)17/h3-6,11H,7-9H2,1-2H3/t11-,21?/m1/s1. The minimum atomic E-state index is -1.07. The summed E-state index contributed by atoms with van der Waals surface area (Å²) in [4.78, 5) is 17.8. The fourth-order valence-corrected chi connectivity index (χ4v) is 2.35. The van der Waals surface area contributed by atoms with Gasteiger partial charge in [0.1, 0.15) is 0 Å². The second-order valence-electron chi connectivity index (χ2n) is 4.50. The summed E-state index contributed by atoms with van der Waals surface area (Å²) in [7, 11) is 0.211. The molecule has 0 aliphatic carbocycles. The number of nitrogens with zero attached hydrogens (tertiary/aromatic N) is 1. The zero-order valence-electron chi connectivity index (χ0n) is 11.9. The van der Waals surface area contributed by atoms with Gasteiger partial charge in [0.25, 0.3) is 0 Å². The van der Waals surface area contributed by atoms with Crippen molar-refractivity contribution >= 4 is 22.5 Å². The maximum atomic E-state index is 11.8. The Hall–Kier alpha value is -1.73. The van der Waals surface area contributed by atoms with E-state index in [2.05, 4.69) is 5.16 Å².